The highest BCUT2D eigenvalue weighted by molar-refractivity contribution is 6.24. The average Bonchev–Trinajstić information content (AvgIpc) is 3.50. The van der Waals surface area contributed by atoms with Crippen molar-refractivity contribution in [3.05, 3.63) is 106 Å². The quantitative estimate of drug-likeness (QED) is 0.145. The van der Waals surface area contributed by atoms with Gasteiger partial charge in [0, 0.05) is 18.2 Å². The molecule has 4 atom stereocenters. The van der Waals surface area contributed by atoms with Gasteiger partial charge in [-0.05, 0) is 35.1 Å². The molecule has 3 fully saturated rings. The van der Waals surface area contributed by atoms with Gasteiger partial charge in [-0.3, -0.25) is 29.8 Å². The van der Waals surface area contributed by atoms with E-state index in [1.54, 1.807) is 0 Å². The summed E-state index contributed by atoms with van der Waals surface area (Å²) in [4.78, 5) is 53.2. The van der Waals surface area contributed by atoms with Crippen molar-refractivity contribution in [2.45, 2.75) is 50.1 Å². The van der Waals surface area contributed by atoms with E-state index < -0.39 is 46.1 Å². The summed E-state index contributed by atoms with van der Waals surface area (Å²) < 4.78 is 0. The molecule has 1 saturated carbocycles. The van der Waals surface area contributed by atoms with E-state index in [1.807, 2.05) is 66.7 Å². The Hall–Kier alpha value is -4.63. The third-order valence-corrected chi connectivity index (χ3v) is 9.23. The van der Waals surface area contributed by atoms with Crippen LogP contribution in [0, 0.1) is 27.9 Å². The second-order valence-electron chi connectivity index (χ2n) is 11.8. The second-order valence-corrected chi connectivity index (χ2v) is 11.8. The fourth-order valence-electron chi connectivity index (χ4n) is 7.18. The molecule has 6 rings (SSSR count). The second kappa shape index (κ2) is 11.6. The Morgan fingerprint density at radius 2 is 1.60 bits per heavy atom. The molecule has 0 radical (unpaired) electrons. The number of anilines is 1. The van der Waals surface area contributed by atoms with Crippen LogP contribution in [0.1, 0.15) is 61.3 Å². The lowest BCUT2D eigenvalue weighted by Gasteiger charge is -2.35. The molecule has 2 N–H and O–H groups in total. The third kappa shape index (κ3) is 5.25. The zero-order valence-corrected chi connectivity index (χ0v) is 23.6. The third-order valence-electron chi connectivity index (χ3n) is 9.23. The minimum atomic E-state index is -1.65. The van der Waals surface area contributed by atoms with Crippen LogP contribution in [0.4, 0.5) is 11.4 Å². The number of fused-ring (bicyclic) bond motifs is 1. The maximum Gasteiger partial charge on any atom is 0.324 e. The standard InChI is InChI=1S/C34H33N3O6/c38-31-28-29(32(39)36(31)26-12-7-13-27(20-26)37(42)43)34(33(40)41,21-24-10-5-2-6-11-24)35-30(28)25-18-16-23(17-19-25)15-14-22-8-3-1-4-9-22/h1,3-4,7-9,12-20,24,28-30,35H,2,5-6,10-11,21H2,(H,40,41). The molecule has 3 aliphatic rings. The van der Waals surface area contributed by atoms with Crippen molar-refractivity contribution in [2.24, 2.45) is 17.8 Å². The van der Waals surface area contributed by atoms with Gasteiger partial charge >= 0.3 is 5.97 Å². The van der Waals surface area contributed by atoms with Crippen LogP contribution in [-0.4, -0.2) is 33.4 Å². The van der Waals surface area contributed by atoms with E-state index in [0.29, 0.717) is 5.56 Å². The maximum atomic E-state index is 14.1. The van der Waals surface area contributed by atoms with Crippen LogP contribution < -0.4 is 10.2 Å². The van der Waals surface area contributed by atoms with Crippen molar-refractivity contribution in [3.8, 4) is 0 Å². The molecule has 2 amide bonds. The number of carbonyl (C=O) groups is 3. The molecule has 3 aromatic carbocycles. The number of nitro benzene ring substituents is 1. The Morgan fingerprint density at radius 3 is 2.26 bits per heavy atom. The number of carbonyl (C=O) groups excluding carboxylic acids is 2. The number of imide groups is 1. The van der Waals surface area contributed by atoms with Crippen LogP contribution in [0.3, 0.4) is 0 Å². The minimum absolute atomic E-state index is 0.0794. The molecule has 9 nitrogen and oxygen atoms in total. The fraction of sp³-hybridized carbons (Fsp3) is 0.324. The average molecular weight is 580 g/mol. The molecule has 1 aliphatic carbocycles. The maximum absolute atomic E-state index is 14.1. The molecule has 9 heteroatoms. The zero-order chi connectivity index (χ0) is 30.1. The van der Waals surface area contributed by atoms with Gasteiger partial charge in [-0.2, -0.15) is 0 Å². The summed E-state index contributed by atoms with van der Waals surface area (Å²) in [6.07, 6.45) is 9.06. The van der Waals surface area contributed by atoms with Crippen LogP contribution in [0.15, 0.2) is 78.9 Å². The molecule has 220 valence electrons. The summed E-state index contributed by atoms with van der Waals surface area (Å²) in [6, 6.07) is 22.1. The Morgan fingerprint density at radius 1 is 0.930 bits per heavy atom. The molecular formula is C34H33N3O6. The largest absolute Gasteiger partial charge is 0.480 e. The van der Waals surface area contributed by atoms with Gasteiger partial charge in [-0.1, -0.05) is 105 Å². The summed E-state index contributed by atoms with van der Waals surface area (Å²) in [5.41, 5.74) is 0.871. The molecule has 43 heavy (non-hydrogen) atoms. The smallest absolute Gasteiger partial charge is 0.324 e. The van der Waals surface area contributed by atoms with Crippen molar-refractivity contribution in [3.63, 3.8) is 0 Å². The number of nitrogens with zero attached hydrogens (tertiary/aromatic N) is 2. The van der Waals surface area contributed by atoms with Crippen molar-refractivity contribution >= 4 is 41.3 Å². The Kier molecular flexibility index (Phi) is 7.66. The number of amides is 2. The van der Waals surface area contributed by atoms with Crippen molar-refractivity contribution < 1.29 is 24.4 Å². The number of carboxylic acid groups (broad SMARTS) is 1. The SMILES string of the molecule is O=C1C2C(c3ccc(C=Cc4ccccc4)cc3)NC(CC3CCCCC3)(C(=O)O)C2C(=O)N1c1cccc([N+](=O)[O-])c1. The van der Waals surface area contributed by atoms with Gasteiger partial charge in [-0.25, -0.2) is 4.90 Å². The van der Waals surface area contributed by atoms with E-state index in [9.17, 15) is 29.6 Å². The van der Waals surface area contributed by atoms with E-state index in [4.69, 9.17) is 0 Å². The molecule has 0 spiro atoms. The van der Waals surface area contributed by atoms with Gasteiger partial charge in [0.15, 0.2) is 0 Å². The lowest BCUT2D eigenvalue weighted by atomic mass is 9.72. The summed E-state index contributed by atoms with van der Waals surface area (Å²) >= 11 is 0. The van der Waals surface area contributed by atoms with Gasteiger partial charge in [0.05, 0.1) is 22.4 Å². The van der Waals surface area contributed by atoms with Gasteiger partial charge < -0.3 is 5.11 Å². The number of carboxylic acids is 1. The van der Waals surface area contributed by atoms with Crippen LogP contribution in [0.5, 0.6) is 0 Å². The number of benzene rings is 3. The van der Waals surface area contributed by atoms with E-state index in [1.165, 1.54) is 24.3 Å². The number of nitrogens with one attached hydrogen (secondary N) is 1. The number of hydrogen-bond donors (Lipinski definition) is 2. The van der Waals surface area contributed by atoms with Crippen LogP contribution in [0.25, 0.3) is 12.2 Å². The molecule has 4 unspecified atom stereocenters. The molecule has 3 aromatic rings. The van der Waals surface area contributed by atoms with Gasteiger partial charge in [-0.15, -0.1) is 0 Å². The molecule has 0 bridgehead atoms. The number of nitro groups is 1. The van der Waals surface area contributed by atoms with Gasteiger partial charge in [0.2, 0.25) is 11.8 Å². The molecule has 0 aromatic heterocycles. The monoisotopic (exact) mass is 579 g/mol. The fourth-order valence-corrected chi connectivity index (χ4v) is 7.18. The van der Waals surface area contributed by atoms with Crippen LogP contribution >= 0.6 is 0 Å². The summed E-state index contributed by atoms with van der Waals surface area (Å²) in [5.74, 6) is -4.35. The Balaban J connectivity index is 1.38. The molecule has 2 aliphatic heterocycles. The van der Waals surface area contributed by atoms with Gasteiger partial charge in [0.1, 0.15) is 5.54 Å². The topological polar surface area (TPSA) is 130 Å². The zero-order valence-electron chi connectivity index (χ0n) is 23.6. The number of hydrogen-bond acceptors (Lipinski definition) is 6. The van der Waals surface area contributed by atoms with Crippen LogP contribution in [-0.2, 0) is 14.4 Å². The number of aliphatic carboxylic acids is 1. The highest BCUT2D eigenvalue weighted by Crippen LogP contribution is 2.52. The van der Waals surface area contributed by atoms with Gasteiger partial charge in [0.25, 0.3) is 5.69 Å². The summed E-state index contributed by atoms with van der Waals surface area (Å²) in [5, 5.41) is 25.5. The van der Waals surface area contributed by atoms with E-state index in [2.05, 4.69) is 5.32 Å². The first kappa shape index (κ1) is 28.5. The van der Waals surface area contributed by atoms with Crippen LogP contribution in [0.2, 0.25) is 0 Å². The predicted molar refractivity (Wildman–Crippen MR) is 162 cm³/mol. The lowest BCUT2D eigenvalue weighted by Crippen LogP contribution is -2.57. The number of non-ortho nitro benzene ring substituents is 1. The Bertz CT molecular complexity index is 1580. The Labute approximate surface area is 249 Å². The number of rotatable bonds is 8. The first-order valence-electron chi connectivity index (χ1n) is 14.7. The van der Waals surface area contributed by atoms with Crippen molar-refractivity contribution in [1.29, 1.82) is 0 Å². The summed E-state index contributed by atoms with van der Waals surface area (Å²) in [6.45, 7) is 0. The first-order chi connectivity index (χ1) is 20.8. The highest BCUT2D eigenvalue weighted by atomic mass is 16.6. The normalized spacial score (nSPS) is 25.8. The highest BCUT2D eigenvalue weighted by Gasteiger charge is 2.68. The van der Waals surface area contributed by atoms with E-state index >= 15 is 0 Å². The lowest BCUT2D eigenvalue weighted by molar-refractivity contribution is -0.384. The minimum Gasteiger partial charge on any atom is -0.480 e. The van der Waals surface area contributed by atoms with E-state index in [-0.39, 0.29) is 23.7 Å². The van der Waals surface area contributed by atoms with Crippen molar-refractivity contribution in [2.75, 3.05) is 4.90 Å². The molecule has 2 saturated heterocycles. The van der Waals surface area contributed by atoms with Crippen molar-refractivity contribution in [1.82, 2.24) is 5.32 Å². The molecule has 2 heterocycles. The predicted octanol–water partition coefficient (Wildman–Crippen LogP) is 6.01. The van der Waals surface area contributed by atoms with E-state index in [0.717, 1.165) is 48.1 Å². The molecular weight excluding hydrogens is 546 g/mol. The first-order valence-corrected chi connectivity index (χ1v) is 14.7. The summed E-state index contributed by atoms with van der Waals surface area (Å²) in [7, 11) is 0.